The zero-order valence-corrected chi connectivity index (χ0v) is 12.8. The topological polar surface area (TPSA) is 0 Å². The lowest BCUT2D eigenvalue weighted by molar-refractivity contribution is 0.731. The van der Waals surface area contributed by atoms with Gasteiger partial charge in [-0.3, -0.25) is 0 Å². The van der Waals surface area contributed by atoms with Crippen molar-refractivity contribution in [2.24, 2.45) is 5.92 Å². The van der Waals surface area contributed by atoms with Crippen molar-refractivity contribution < 1.29 is 0 Å². The van der Waals surface area contributed by atoms with Crippen LogP contribution in [0.5, 0.6) is 0 Å². The Morgan fingerprint density at radius 3 is 2.85 bits per heavy atom. The first-order valence-corrected chi connectivity index (χ1v) is 7.81. The second kappa shape index (κ2) is 5.09. The first-order valence-electron chi connectivity index (χ1n) is 7.81. The number of benzene rings is 1. The Balaban J connectivity index is 2.08. The van der Waals surface area contributed by atoms with Crippen molar-refractivity contribution in [1.29, 1.82) is 0 Å². The van der Waals surface area contributed by atoms with E-state index in [0.717, 1.165) is 11.8 Å². The zero-order chi connectivity index (χ0) is 14.3. The summed E-state index contributed by atoms with van der Waals surface area (Å²) in [5, 5.41) is 0. The molecule has 0 nitrogen and oxygen atoms in total. The van der Waals surface area contributed by atoms with Gasteiger partial charge in [0.2, 0.25) is 0 Å². The van der Waals surface area contributed by atoms with Crippen molar-refractivity contribution >= 4 is 5.57 Å². The quantitative estimate of drug-likeness (QED) is 0.600. The Labute approximate surface area is 122 Å². The molecule has 3 rings (SSSR count). The highest BCUT2D eigenvalue weighted by Crippen LogP contribution is 2.58. The molecule has 3 atom stereocenters. The van der Waals surface area contributed by atoms with Gasteiger partial charge in [-0.25, -0.2) is 0 Å². The second-order valence-electron chi connectivity index (χ2n) is 6.30. The summed E-state index contributed by atoms with van der Waals surface area (Å²) in [6.45, 7) is 10.7. The van der Waals surface area contributed by atoms with Gasteiger partial charge in [-0.2, -0.15) is 0 Å². The summed E-state index contributed by atoms with van der Waals surface area (Å²) in [5.74, 6) is 2.24. The summed E-state index contributed by atoms with van der Waals surface area (Å²) in [6.07, 6.45) is 8.72. The number of fused-ring (bicyclic) bond motifs is 3. The molecule has 0 aliphatic heterocycles. The van der Waals surface area contributed by atoms with Crippen molar-refractivity contribution in [3.63, 3.8) is 0 Å². The maximum absolute atomic E-state index is 3.79. The summed E-state index contributed by atoms with van der Waals surface area (Å²) in [4.78, 5) is 0. The van der Waals surface area contributed by atoms with Gasteiger partial charge < -0.3 is 0 Å². The number of allylic oxidation sites excluding steroid dienone is 5. The molecule has 0 amide bonds. The molecule has 3 unspecified atom stereocenters. The number of hydrogen-bond donors (Lipinski definition) is 0. The monoisotopic (exact) mass is 264 g/mol. The minimum Gasteiger partial charge on any atom is -0.0991 e. The zero-order valence-electron chi connectivity index (χ0n) is 12.8. The molecule has 1 fully saturated rings. The third-order valence-electron chi connectivity index (χ3n) is 5.12. The highest BCUT2D eigenvalue weighted by atomic mass is 14.5. The molecule has 2 aliphatic carbocycles. The van der Waals surface area contributed by atoms with E-state index in [1.54, 1.807) is 11.1 Å². The van der Waals surface area contributed by atoms with E-state index in [1.165, 1.54) is 29.5 Å². The van der Waals surface area contributed by atoms with E-state index in [0.29, 0.717) is 5.92 Å². The van der Waals surface area contributed by atoms with Crippen LogP contribution in [0.2, 0.25) is 0 Å². The summed E-state index contributed by atoms with van der Waals surface area (Å²) in [5.41, 5.74) is 7.53. The lowest BCUT2D eigenvalue weighted by atomic mass is 9.83. The molecule has 0 heteroatoms. The first kappa shape index (κ1) is 13.4. The van der Waals surface area contributed by atoms with Crippen LogP contribution in [0.4, 0.5) is 0 Å². The molecular weight excluding hydrogens is 240 g/mol. The summed E-state index contributed by atoms with van der Waals surface area (Å²) >= 11 is 0. The normalized spacial score (nSPS) is 25.4. The van der Waals surface area contributed by atoms with Crippen LogP contribution in [0.25, 0.3) is 5.57 Å². The Kier molecular flexibility index (Phi) is 3.41. The molecule has 0 N–H and O–H groups in total. The van der Waals surface area contributed by atoms with Crippen LogP contribution in [0.15, 0.2) is 48.6 Å². The molecule has 0 aromatic heterocycles. The predicted octanol–water partition coefficient (Wildman–Crippen LogP) is 5.83. The van der Waals surface area contributed by atoms with Crippen LogP contribution < -0.4 is 0 Å². The van der Waals surface area contributed by atoms with E-state index in [2.05, 4.69) is 57.7 Å². The Morgan fingerprint density at radius 2 is 2.15 bits per heavy atom. The average molecular weight is 264 g/mol. The summed E-state index contributed by atoms with van der Waals surface area (Å²) < 4.78 is 0. The molecule has 1 aromatic carbocycles. The van der Waals surface area contributed by atoms with Gasteiger partial charge in [-0.05, 0) is 59.8 Å². The fourth-order valence-electron chi connectivity index (χ4n) is 3.49. The molecule has 0 radical (unpaired) electrons. The third kappa shape index (κ3) is 2.08. The minimum atomic E-state index is 0.664. The average Bonchev–Trinajstić information content (AvgIpc) is 3.27. The third-order valence-corrected chi connectivity index (χ3v) is 5.12. The van der Waals surface area contributed by atoms with Gasteiger partial charge in [-0.1, -0.05) is 62.4 Å². The van der Waals surface area contributed by atoms with Gasteiger partial charge in [0.05, 0.1) is 0 Å². The van der Waals surface area contributed by atoms with E-state index < -0.39 is 0 Å². The molecule has 20 heavy (non-hydrogen) atoms. The first-order chi connectivity index (χ1) is 9.67. The van der Waals surface area contributed by atoms with Crippen molar-refractivity contribution in [2.75, 3.05) is 0 Å². The van der Waals surface area contributed by atoms with E-state index >= 15 is 0 Å². The maximum Gasteiger partial charge on any atom is -0.00837 e. The van der Waals surface area contributed by atoms with Gasteiger partial charge in [0.15, 0.2) is 0 Å². The molecule has 0 bridgehead atoms. The van der Waals surface area contributed by atoms with E-state index in [9.17, 15) is 0 Å². The van der Waals surface area contributed by atoms with E-state index in [-0.39, 0.29) is 0 Å². The highest BCUT2D eigenvalue weighted by molar-refractivity contribution is 5.82. The molecule has 104 valence electrons. The molecule has 2 aliphatic rings. The Morgan fingerprint density at radius 1 is 1.35 bits per heavy atom. The SMILES string of the molecule is C=C/C=C\C1=C(C)C2CC2c2cc(C(C)CC)ccc21. The van der Waals surface area contributed by atoms with Crippen LogP contribution in [0.3, 0.4) is 0 Å². The van der Waals surface area contributed by atoms with Gasteiger partial charge in [0, 0.05) is 0 Å². The van der Waals surface area contributed by atoms with Gasteiger partial charge in [0.25, 0.3) is 0 Å². The second-order valence-corrected chi connectivity index (χ2v) is 6.30. The van der Waals surface area contributed by atoms with Gasteiger partial charge >= 0.3 is 0 Å². The van der Waals surface area contributed by atoms with Crippen LogP contribution in [-0.2, 0) is 0 Å². The van der Waals surface area contributed by atoms with Crippen molar-refractivity contribution in [2.45, 2.75) is 45.4 Å². The van der Waals surface area contributed by atoms with Crippen molar-refractivity contribution in [3.05, 3.63) is 65.3 Å². The molecular formula is C20H24. The van der Waals surface area contributed by atoms with Crippen LogP contribution >= 0.6 is 0 Å². The Bertz CT molecular complexity index is 600. The van der Waals surface area contributed by atoms with Gasteiger partial charge in [-0.15, -0.1) is 0 Å². The molecule has 1 saturated carbocycles. The lowest BCUT2D eigenvalue weighted by Crippen LogP contribution is -2.04. The molecule has 0 saturated heterocycles. The number of rotatable bonds is 4. The van der Waals surface area contributed by atoms with E-state index in [4.69, 9.17) is 0 Å². The fraction of sp³-hybridized carbons (Fsp3) is 0.400. The summed E-state index contributed by atoms with van der Waals surface area (Å²) in [7, 11) is 0. The van der Waals surface area contributed by atoms with Crippen LogP contribution in [0.1, 0.15) is 62.1 Å². The molecule has 0 heterocycles. The van der Waals surface area contributed by atoms with E-state index in [1.807, 2.05) is 6.08 Å². The van der Waals surface area contributed by atoms with Crippen LogP contribution in [0, 0.1) is 5.92 Å². The minimum absolute atomic E-state index is 0.664. The van der Waals surface area contributed by atoms with Crippen LogP contribution in [-0.4, -0.2) is 0 Å². The lowest BCUT2D eigenvalue weighted by Gasteiger charge is -2.21. The molecule has 1 aromatic rings. The predicted molar refractivity (Wildman–Crippen MR) is 87.9 cm³/mol. The van der Waals surface area contributed by atoms with Crippen molar-refractivity contribution in [3.8, 4) is 0 Å². The van der Waals surface area contributed by atoms with Gasteiger partial charge in [0.1, 0.15) is 0 Å². The highest BCUT2D eigenvalue weighted by Gasteiger charge is 2.44. The smallest absolute Gasteiger partial charge is 0.00837 e. The molecule has 0 spiro atoms. The summed E-state index contributed by atoms with van der Waals surface area (Å²) in [6, 6.07) is 7.14. The maximum atomic E-state index is 3.79. The standard InChI is InChI=1S/C20H24/c1-5-7-8-16-14(4)18-12-20(18)19-11-15(13(3)6-2)9-10-17(16)19/h5,7-11,13,18,20H,1,6,12H2,2-4H3/b8-7-. The Hall–Kier alpha value is -1.56. The van der Waals surface area contributed by atoms with Crippen molar-refractivity contribution in [1.82, 2.24) is 0 Å². The fourth-order valence-corrected chi connectivity index (χ4v) is 3.49. The largest absolute Gasteiger partial charge is 0.0991 e. The number of hydrogen-bond acceptors (Lipinski definition) is 0.